The molecule has 44 heavy (non-hydrogen) atoms. The number of hydrogen-bond acceptors (Lipinski definition) is 0. The van der Waals surface area contributed by atoms with Crippen LogP contribution in [-0.2, 0) is 38.5 Å². The van der Waals surface area contributed by atoms with Gasteiger partial charge in [0.05, 0.1) is 0 Å². The number of halogens is 2. The van der Waals surface area contributed by atoms with Crippen LogP contribution in [0, 0.1) is 5.92 Å². The maximum absolute atomic E-state index is 2.57. The molecular formula is C41H50Cl2Zr. The minimum Gasteiger partial charge on any atom is -1.00 e. The Morgan fingerprint density at radius 3 is 1.80 bits per heavy atom. The third-order valence-electron chi connectivity index (χ3n) is 10.1. The fraction of sp³-hybridized carbons (Fsp3) is 0.439. The summed E-state index contributed by atoms with van der Waals surface area (Å²) >= 11 is -2.40. The third kappa shape index (κ3) is 7.54. The average Bonchev–Trinajstić information content (AvgIpc) is 3.60. The minimum absolute atomic E-state index is 0. The molecule has 0 heterocycles. The van der Waals surface area contributed by atoms with E-state index in [0.29, 0.717) is 3.63 Å². The molecule has 0 amide bonds. The summed E-state index contributed by atoms with van der Waals surface area (Å²) in [6.07, 6.45) is 18.1. The second-order valence-corrected chi connectivity index (χ2v) is 22.0. The van der Waals surface area contributed by atoms with Gasteiger partial charge in [-0.1, -0.05) is 0 Å². The van der Waals surface area contributed by atoms with E-state index in [0.717, 1.165) is 5.92 Å². The van der Waals surface area contributed by atoms with Crippen molar-refractivity contribution in [3.63, 3.8) is 0 Å². The largest absolute Gasteiger partial charge is 1.00 e. The Kier molecular flexibility index (Phi) is 11.6. The molecule has 3 aromatic carbocycles. The first kappa shape index (κ1) is 35.3. The molecule has 232 valence electrons. The van der Waals surface area contributed by atoms with E-state index in [2.05, 4.69) is 127 Å². The van der Waals surface area contributed by atoms with Crippen molar-refractivity contribution >= 4 is 3.21 Å². The molecule has 1 saturated carbocycles. The van der Waals surface area contributed by atoms with Crippen molar-refractivity contribution in [2.24, 2.45) is 5.92 Å². The van der Waals surface area contributed by atoms with Gasteiger partial charge < -0.3 is 24.8 Å². The van der Waals surface area contributed by atoms with Crippen LogP contribution >= 0.6 is 0 Å². The van der Waals surface area contributed by atoms with Crippen molar-refractivity contribution < 1.29 is 46.1 Å². The van der Waals surface area contributed by atoms with Gasteiger partial charge in [0.2, 0.25) is 0 Å². The molecule has 0 spiro atoms. The van der Waals surface area contributed by atoms with Gasteiger partial charge in [-0.3, -0.25) is 0 Å². The normalized spacial score (nSPS) is 16.9. The van der Waals surface area contributed by atoms with Crippen LogP contribution in [0.1, 0.15) is 118 Å². The minimum atomic E-state index is -2.40. The van der Waals surface area contributed by atoms with Crippen molar-refractivity contribution in [3.8, 4) is 11.1 Å². The van der Waals surface area contributed by atoms with Crippen molar-refractivity contribution in [2.75, 3.05) is 0 Å². The first-order valence-electron chi connectivity index (χ1n) is 16.5. The molecule has 3 heteroatoms. The smallest absolute Gasteiger partial charge is 1.00 e. The van der Waals surface area contributed by atoms with Crippen molar-refractivity contribution in [1.29, 1.82) is 0 Å². The van der Waals surface area contributed by atoms with Crippen LogP contribution in [0.3, 0.4) is 0 Å². The van der Waals surface area contributed by atoms with Gasteiger partial charge in [-0.2, -0.15) is 0 Å². The number of allylic oxidation sites excluding steroid dienone is 4. The SMILES string of the molecule is CC(C)(C)c1ccc2c(c1)-c1cc(C(C)(C)C)ccc1[CH]2/[Zr+2]([C]1=CC=CC1)=[C](/Cc1ccccc1)CC1CCCCC1.[Cl-].[Cl-]. The molecule has 0 radical (unpaired) electrons. The van der Waals surface area contributed by atoms with E-state index < -0.39 is 21.3 Å². The van der Waals surface area contributed by atoms with E-state index in [1.165, 1.54) is 79.2 Å². The number of rotatable bonds is 6. The van der Waals surface area contributed by atoms with Gasteiger partial charge in [-0.25, -0.2) is 0 Å². The standard InChI is InChI=1S/C21H25.C15H20.C5H5.2ClH.Zr/c1-20(2,3)16-9-7-14-11-15-8-10-17(21(4,5)6)13-19(15)18(14)12-16;1-3-8-14(9-4-1)12-7-13-15-10-5-2-6-11-15;1-2-4-5-3-1;;;/h7-13H,1-6H3;1,3-4,8-9,15H,2,5-6,10-13H2;1-3H,4H2;2*1H;/q;;;;;+2/p-2. The fourth-order valence-corrected chi connectivity index (χ4v) is 17.1. The molecule has 1 fully saturated rings. The van der Waals surface area contributed by atoms with E-state index in [9.17, 15) is 0 Å². The van der Waals surface area contributed by atoms with Gasteiger partial charge in [0.25, 0.3) is 0 Å². The Morgan fingerprint density at radius 1 is 0.727 bits per heavy atom. The molecule has 0 atom stereocenters. The predicted molar refractivity (Wildman–Crippen MR) is 179 cm³/mol. The van der Waals surface area contributed by atoms with Gasteiger partial charge >= 0.3 is 265 Å². The van der Waals surface area contributed by atoms with E-state index >= 15 is 0 Å². The van der Waals surface area contributed by atoms with Crippen LogP contribution in [0.2, 0.25) is 0 Å². The molecule has 0 aromatic heterocycles. The van der Waals surface area contributed by atoms with Crippen LogP contribution in [0.25, 0.3) is 11.1 Å². The zero-order valence-electron chi connectivity index (χ0n) is 27.7. The van der Waals surface area contributed by atoms with Gasteiger partial charge in [0.1, 0.15) is 0 Å². The summed E-state index contributed by atoms with van der Waals surface area (Å²) in [6.45, 7) is 14.2. The maximum Gasteiger partial charge on any atom is -1.00 e. The molecule has 0 bridgehead atoms. The van der Waals surface area contributed by atoms with Crippen LogP contribution in [0.4, 0.5) is 0 Å². The van der Waals surface area contributed by atoms with Crippen molar-refractivity contribution in [1.82, 2.24) is 0 Å². The van der Waals surface area contributed by atoms with Crippen LogP contribution < -0.4 is 24.8 Å². The second-order valence-electron chi connectivity index (χ2n) is 15.2. The molecule has 0 nitrogen and oxygen atoms in total. The molecule has 6 rings (SSSR count). The second kappa shape index (κ2) is 14.5. The van der Waals surface area contributed by atoms with E-state index in [1.54, 1.807) is 11.1 Å². The molecule has 0 unspecified atom stereocenters. The van der Waals surface area contributed by atoms with E-state index in [1.807, 2.05) is 6.49 Å². The first-order chi connectivity index (χ1) is 20.1. The molecule has 0 aliphatic heterocycles. The van der Waals surface area contributed by atoms with Gasteiger partial charge in [0, 0.05) is 0 Å². The topological polar surface area (TPSA) is 0 Å². The van der Waals surface area contributed by atoms with E-state index in [4.69, 9.17) is 0 Å². The van der Waals surface area contributed by atoms with Crippen LogP contribution in [0.15, 0.2) is 88.2 Å². The van der Waals surface area contributed by atoms with Crippen molar-refractivity contribution in [3.05, 3.63) is 116 Å². The molecule has 3 aromatic rings. The Balaban J connectivity index is 0.00000221. The average molecular weight is 705 g/mol. The number of fused-ring (bicyclic) bond motifs is 3. The molecule has 0 saturated heterocycles. The van der Waals surface area contributed by atoms with Crippen LogP contribution in [0.5, 0.6) is 0 Å². The summed E-state index contributed by atoms with van der Waals surface area (Å²) in [5.41, 5.74) is 11.0. The van der Waals surface area contributed by atoms with Gasteiger partial charge in [-0.15, -0.1) is 0 Å². The van der Waals surface area contributed by atoms with Crippen molar-refractivity contribution in [2.45, 2.75) is 107 Å². The number of hydrogen-bond donors (Lipinski definition) is 0. The fourth-order valence-electron chi connectivity index (χ4n) is 7.62. The summed E-state index contributed by atoms with van der Waals surface area (Å²) in [7, 11) is 0. The Labute approximate surface area is 287 Å². The molecule has 3 aliphatic rings. The zero-order valence-corrected chi connectivity index (χ0v) is 31.6. The van der Waals surface area contributed by atoms with Gasteiger partial charge in [-0.05, 0) is 0 Å². The summed E-state index contributed by atoms with van der Waals surface area (Å²) in [4.78, 5) is 0. The molecular weight excluding hydrogens is 655 g/mol. The third-order valence-corrected chi connectivity index (χ3v) is 18.4. The number of benzene rings is 3. The maximum atomic E-state index is 2.57. The summed E-state index contributed by atoms with van der Waals surface area (Å²) in [6, 6.07) is 26.6. The van der Waals surface area contributed by atoms with E-state index in [-0.39, 0.29) is 35.6 Å². The van der Waals surface area contributed by atoms with Crippen LogP contribution in [-0.4, -0.2) is 3.21 Å². The Bertz CT molecular complexity index is 1480. The molecule has 3 aliphatic carbocycles. The zero-order chi connectivity index (χ0) is 29.5. The summed E-state index contributed by atoms with van der Waals surface area (Å²) < 4.78 is 4.32. The molecule has 0 N–H and O–H groups in total. The monoisotopic (exact) mass is 702 g/mol. The Hall–Kier alpha value is -1.53. The predicted octanol–water partition coefficient (Wildman–Crippen LogP) is 5.21. The quantitative estimate of drug-likeness (QED) is 0.331. The Morgan fingerprint density at radius 2 is 1.30 bits per heavy atom. The van der Waals surface area contributed by atoms with Gasteiger partial charge in [0.15, 0.2) is 0 Å². The first-order valence-corrected chi connectivity index (χ1v) is 20.4. The summed E-state index contributed by atoms with van der Waals surface area (Å²) in [5.74, 6) is 0.870. The summed E-state index contributed by atoms with van der Waals surface area (Å²) in [5, 5.41) is 0.